The number of carbonyl (C=O) groups excluding carboxylic acids is 2. The molecule has 2 N–H and O–H groups in total. The third kappa shape index (κ3) is 5.11. The van der Waals surface area contributed by atoms with E-state index >= 15 is 0 Å². The monoisotopic (exact) mass is 286 g/mol. The maximum Gasteiger partial charge on any atom is 0.255 e. The van der Waals surface area contributed by atoms with E-state index in [1.165, 1.54) is 6.08 Å². The van der Waals surface area contributed by atoms with Gasteiger partial charge in [0.2, 0.25) is 0 Å². The molecule has 1 rings (SSSR count). The molecular formula is C16H18N2O3. The Labute approximate surface area is 124 Å². The highest BCUT2D eigenvalue weighted by Crippen LogP contribution is 2.22. The summed E-state index contributed by atoms with van der Waals surface area (Å²) in [6, 6.07) is 8.62. The van der Waals surface area contributed by atoms with Crippen molar-refractivity contribution in [2.24, 2.45) is 11.1 Å². The van der Waals surface area contributed by atoms with Gasteiger partial charge in [-0.15, -0.1) is 0 Å². The van der Waals surface area contributed by atoms with Gasteiger partial charge in [0.1, 0.15) is 11.8 Å². The number of nitrogens with two attached hydrogens (primary N) is 1. The predicted octanol–water partition coefficient (Wildman–Crippen LogP) is 2.07. The second kappa shape index (κ2) is 6.71. The molecule has 0 spiro atoms. The van der Waals surface area contributed by atoms with E-state index in [0.717, 1.165) is 0 Å². The normalized spacial score (nSPS) is 11.6. The Morgan fingerprint density at radius 1 is 1.29 bits per heavy atom. The number of rotatable bonds is 5. The van der Waals surface area contributed by atoms with Gasteiger partial charge in [0, 0.05) is 5.41 Å². The van der Waals surface area contributed by atoms with Crippen molar-refractivity contribution in [1.82, 2.24) is 0 Å². The first kappa shape index (κ1) is 16.4. The number of benzene rings is 1. The molecule has 0 radical (unpaired) electrons. The van der Waals surface area contributed by atoms with Crippen LogP contribution in [0.4, 0.5) is 0 Å². The summed E-state index contributed by atoms with van der Waals surface area (Å²) in [6.45, 7) is 5.10. The molecule has 0 aliphatic rings. The second-order valence-electron chi connectivity index (χ2n) is 5.57. The standard InChI is InChI=1S/C16H18N2O3/c1-16(2,3)15(20)12(9-17)8-11-4-6-13(7-5-11)21-10-14(18)19/h4-8H,10H2,1-3H3,(H2,18,19)/b12-8+. The molecule has 1 aromatic rings. The zero-order valence-corrected chi connectivity index (χ0v) is 12.3. The van der Waals surface area contributed by atoms with Crippen LogP contribution in [0, 0.1) is 16.7 Å². The lowest BCUT2D eigenvalue weighted by atomic mass is 9.86. The van der Waals surface area contributed by atoms with E-state index in [-0.39, 0.29) is 18.0 Å². The Hall–Kier alpha value is -2.61. The number of hydrogen-bond acceptors (Lipinski definition) is 4. The maximum absolute atomic E-state index is 12.1. The molecule has 0 aliphatic carbocycles. The molecule has 0 aliphatic heterocycles. The zero-order chi connectivity index (χ0) is 16.0. The topological polar surface area (TPSA) is 93.2 Å². The van der Waals surface area contributed by atoms with Crippen LogP contribution in [-0.4, -0.2) is 18.3 Å². The van der Waals surface area contributed by atoms with Crippen molar-refractivity contribution in [3.05, 3.63) is 35.4 Å². The van der Waals surface area contributed by atoms with Gasteiger partial charge in [-0.05, 0) is 23.8 Å². The largest absolute Gasteiger partial charge is 0.484 e. The summed E-state index contributed by atoms with van der Waals surface area (Å²) in [6.07, 6.45) is 1.53. The number of carbonyl (C=O) groups is 2. The molecule has 0 saturated heterocycles. The van der Waals surface area contributed by atoms with Crippen LogP contribution in [0.1, 0.15) is 26.3 Å². The highest BCUT2D eigenvalue weighted by atomic mass is 16.5. The van der Waals surface area contributed by atoms with Crippen LogP contribution in [0.5, 0.6) is 5.75 Å². The van der Waals surface area contributed by atoms with Crippen LogP contribution >= 0.6 is 0 Å². The SMILES string of the molecule is CC(C)(C)C(=O)/C(C#N)=C/c1ccc(OCC(N)=O)cc1. The fourth-order valence-corrected chi connectivity index (χ4v) is 1.53. The van der Waals surface area contributed by atoms with E-state index in [2.05, 4.69) is 0 Å². The molecule has 0 bridgehead atoms. The number of primary amides is 1. The molecule has 0 saturated carbocycles. The Morgan fingerprint density at radius 3 is 2.29 bits per heavy atom. The molecule has 1 amide bonds. The van der Waals surface area contributed by atoms with E-state index in [1.54, 1.807) is 45.0 Å². The van der Waals surface area contributed by atoms with Crippen LogP contribution in [0.15, 0.2) is 29.8 Å². The Kier molecular flexibility index (Phi) is 5.25. The van der Waals surface area contributed by atoms with Crippen molar-refractivity contribution in [3.8, 4) is 11.8 Å². The average Bonchev–Trinajstić information content (AvgIpc) is 2.42. The lowest BCUT2D eigenvalue weighted by molar-refractivity contribution is -0.122. The highest BCUT2D eigenvalue weighted by Gasteiger charge is 2.24. The van der Waals surface area contributed by atoms with Crippen LogP contribution in [-0.2, 0) is 9.59 Å². The van der Waals surface area contributed by atoms with Crippen molar-refractivity contribution in [2.45, 2.75) is 20.8 Å². The Morgan fingerprint density at radius 2 is 1.86 bits per heavy atom. The van der Waals surface area contributed by atoms with E-state index < -0.39 is 11.3 Å². The van der Waals surface area contributed by atoms with Gasteiger partial charge in [-0.1, -0.05) is 32.9 Å². The van der Waals surface area contributed by atoms with Crippen molar-refractivity contribution >= 4 is 17.8 Å². The van der Waals surface area contributed by atoms with Crippen LogP contribution in [0.3, 0.4) is 0 Å². The van der Waals surface area contributed by atoms with Crippen LogP contribution in [0.25, 0.3) is 6.08 Å². The minimum Gasteiger partial charge on any atom is -0.484 e. The third-order valence-corrected chi connectivity index (χ3v) is 2.62. The minimum absolute atomic E-state index is 0.105. The second-order valence-corrected chi connectivity index (χ2v) is 5.57. The summed E-state index contributed by atoms with van der Waals surface area (Å²) < 4.78 is 5.13. The van der Waals surface area contributed by atoms with E-state index in [0.29, 0.717) is 11.3 Å². The molecule has 0 heterocycles. The number of hydrogen-bond donors (Lipinski definition) is 1. The summed E-state index contributed by atoms with van der Waals surface area (Å²) >= 11 is 0. The van der Waals surface area contributed by atoms with Gasteiger partial charge in [0.25, 0.3) is 5.91 Å². The van der Waals surface area contributed by atoms with Gasteiger partial charge in [0.05, 0.1) is 5.57 Å². The molecule has 1 aromatic carbocycles. The number of ketones is 1. The average molecular weight is 286 g/mol. The first-order chi connectivity index (χ1) is 9.74. The molecule has 0 aromatic heterocycles. The Bertz CT molecular complexity index is 602. The Balaban J connectivity index is 2.91. The lowest BCUT2D eigenvalue weighted by Crippen LogP contribution is -2.21. The van der Waals surface area contributed by atoms with Gasteiger partial charge >= 0.3 is 0 Å². The van der Waals surface area contributed by atoms with E-state index in [1.807, 2.05) is 6.07 Å². The van der Waals surface area contributed by atoms with E-state index in [9.17, 15) is 9.59 Å². The van der Waals surface area contributed by atoms with Gasteiger partial charge in [-0.2, -0.15) is 5.26 Å². The molecule has 0 fully saturated rings. The molecule has 5 heteroatoms. The summed E-state index contributed by atoms with van der Waals surface area (Å²) in [4.78, 5) is 22.7. The first-order valence-electron chi connectivity index (χ1n) is 6.42. The molecule has 0 atom stereocenters. The number of ether oxygens (including phenoxy) is 1. The molecule has 0 unspecified atom stereocenters. The summed E-state index contributed by atoms with van der Waals surface area (Å²) in [5.41, 5.74) is 5.19. The number of nitriles is 1. The van der Waals surface area contributed by atoms with Crippen molar-refractivity contribution in [3.63, 3.8) is 0 Å². The summed E-state index contributed by atoms with van der Waals surface area (Å²) in [5.74, 6) is -0.271. The first-order valence-corrected chi connectivity index (χ1v) is 6.42. The molecule has 21 heavy (non-hydrogen) atoms. The summed E-state index contributed by atoms with van der Waals surface area (Å²) in [7, 11) is 0. The fourth-order valence-electron chi connectivity index (χ4n) is 1.53. The third-order valence-electron chi connectivity index (χ3n) is 2.62. The summed E-state index contributed by atoms with van der Waals surface area (Å²) in [5, 5.41) is 9.11. The molecule has 110 valence electrons. The number of allylic oxidation sites excluding steroid dienone is 1. The quantitative estimate of drug-likeness (QED) is 0.662. The van der Waals surface area contributed by atoms with Crippen LogP contribution < -0.4 is 10.5 Å². The van der Waals surface area contributed by atoms with Gasteiger partial charge in [-0.25, -0.2) is 0 Å². The van der Waals surface area contributed by atoms with E-state index in [4.69, 9.17) is 15.7 Å². The van der Waals surface area contributed by atoms with Crippen molar-refractivity contribution in [2.75, 3.05) is 6.61 Å². The van der Waals surface area contributed by atoms with Gasteiger partial charge < -0.3 is 10.5 Å². The van der Waals surface area contributed by atoms with Gasteiger partial charge in [-0.3, -0.25) is 9.59 Å². The smallest absolute Gasteiger partial charge is 0.255 e. The number of Topliss-reactive ketones (excluding diaryl/α,β-unsaturated/α-hetero) is 1. The molecular weight excluding hydrogens is 268 g/mol. The van der Waals surface area contributed by atoms with Crippen LogP contribution in [0.2, 0.25) is 0 Å². The van der Waals surface area contributed by atoms with Crippen molar-refractivity contribution in [1.29, 1.82) is 5.26 Å². The maximum atomic E-state index is 12.1. The zero-order valence-electron chi connectivity index (χ0n) is 12.3. The lowest BCUT2D eigenvalue weighted by Gasteiger charge is -2.15. The molecule has 5 nitrogen and oxygen atoms in total. The van der Waals surface area contributed by atoms with Crippen molar-refractivity contribution < 1.29 is 14.3 Å². The predicted molar refractivity (Wildman–Crippen MR) is 79.2 cm³/mol. The number of amides is 1. The highest BCUT2D eigenvalue weighted by molar-refractivity contribution is 6.06. The fraction of sp³-hybridized carbons (Fsp3) is 0.312. The minimum atomic E-state index is -0.605. The van der Waals surface area contributed by atoms with Gasteiger partial charge in [0.15, 0.2) is 12.4 Å². The number of nitrogens with zero attached hydrogens (tertiary/aromatic N) is 1.